The Balaban J connectivity index is 2.01. The van der Waals surface area contributed by atoms with E-state index in [0.29, 0.717) is 18.8 Å². The van der Waals surface area contributed by atoms with Gasteiger partial charge >= 0.3 is 0 Å². The first kappa shape index (κ1) is 20.6. The zero-order chi connectivity index (χ0) is 18.8. The first-order valence-corrected chi connectivity index (χ1v) is 9.58. The third-order valence-electron chi connectivity index (χ3n) is 4.77. The van der Waals surface area contributed by atoms with Crippen LogP contribution in [0.15, 0.2) is 18.2 Å². The van der Waals surface area contributed by atoms with Gasteiger partial charge in [0.15, 0.2) is 0 Å². The van der Waals surface area contributed by atoms with Crippen molar-refractivity contribution in [2.45, 2.75) is 32.6 Å². The van der Waals surface area contributed by atoms with Gasteiger partial charge in [-0.2, -0.15) is 0 Å². The van der Waals surface area contributed by atoms with Crippen LogP contribution in [0.2, 0.25) is 0 Å². The average Bonchev–Trinajstić information content (AvgIpc) is 2.67. The fourth-order valence-electron chi connectivity index (χ4n) is 3.10. The molecule has 0 bridgehead atoms. The van der Waals surface area contributed by atoms with Crippen molar-refractivity contribution >= 4 is 5.91 Å². The number of carbonyl (C=O) groups is 1. The molecule has 0 aliphatic carbocycles. The zero-order valence-corrected chi connectivity index (χ0v) is 16.0. The van der Waals surface area contributed by atoms with E-state index in [0.717, 1.165) is 58.5 Å². The van der Waals surface area contributed by atoms with Crippen molar-refractivity contribution in [1.29, 1.82) is 0 Å². The SMILES string of the molecule is CCCCCCN(CCN1CCOCC1)C(=O)c1ccc(OC)cc1F. The normalized spacial score (nSPS) is 15.0. The molecule has 2 rings (SSSR count). The topological polar surface area (TPSA) is 42.0 Å². The number of rotatable bonds is 10. The molecule has 1 heterocycles. The third kappa shape index (κ3) is 6.25. The second kappa shape index (κ2) is 11.1. The lowest BCUT2D eigenvalue weighted by molar-refractivity contribution is 0.0323. The second-order valence-electron chi connectivity index (χ2n) is 6.65. The van der Waals surface area contributed by atoms with E-state index in [1.807, 2.05) is 0 Å². The highest BCUT2D eigenvalue weighted by Crippen LogP contribution is 2.18. The summed E-state index contributed by atoms with van der Waals surface area (Å²) in [7, 11) is 1.48. The third-order valence-corrected chi connectivity index (χ3v) is 4.77. The monoisotopic (exact) mass is 366 g/mol. The Morgan fingerprint density at radius 3 is 2.65 bits per heavy atom. The minimum atomic E-state index is -0.528. The number of carbonyl (C=O) groups excluding carboxylic acids is 1. The number of benzene rings is 1. The Morgan fingerprint density at radius 1 is 1.23 bits per heavy atom. The van der Waals surface area contributed by atoms with Crippen LogP contribution in [0.25, 0.3) is 0 Å². The lowest BCUT2D eigenvalue weighted by atomic mass is 10.1. The number of methoxy groups -OCH3 is 1. The summed E-state index contributed by atoms with van der Waals surface area (Å²) >= 11 is 0. The van der Waals surface area contributed by atoms with Crippen LogP contribution in [0, 0.1) is 5.82 Å². The van der Waals surface area contributed by atoms with E-state index >= 15 is 0 Å². The molecule has 0 aromatic heterocycles. The van der Waals surface area contributed by atoms with Gasteiger partial charge in [-0.15, -0.1) is 0 Å². The largest absolute Gasteiger partial charge is 0.497 e. The van der Waals surface area contributed by atoms with E-state index in [1.165, 1.54) is 19.2 Å². The van der Waals surface area contributed by atoms with Gasteiger partial charge in [-0.3, -0.25) is 9.69 Å². The minimum absolute atomic E-state index is 0.114. The molecule has 0 saturated carbocycles. The Labute approximate surface area is 156 Å². The number of hydrogen-bond acceptors (Lipinski definition) is 4. The lowest BCUT2D eigenvalue weighted by Crippen LogP contribution is -2.43. The average molecular weight is 366 g/mol. The molecule has 0 N–H and O–H groups in total. The van der Waals surface area contributed by atoms with Crippen molar-refractivity contribution in [2.75, 3.05) is 53.0 Å². The van der Waals surface area contributed by atoms with Crippen molar-refractivity contribution in [3.63, 3.8) is 0 Å². The van der Waals surface area contributed by atoms with Crippen LogP contribution >= 0.6 is 0 Å². The van der Waals surface area contributed by atoms with Gasteiger partial charge in [0, 0.05) is 38.8 Å². The van der Waals surface area contributed by atoms with E-state index < -0.39 is 5.82 Å². The van der Waals surface area contributed by atoms with Crippen LogP contribution in [0.1, 0.15) is 43.0 Å². The number of ether oxygens (including phenoxy) is 2. The number of halogens is 1. The van der Waals surface area contributed by atoms with Crippen molar-refractivity contribution in [3.05, 3.63) is 29.6 Å². The highest BCUT2D eigenvalue weighted by molar-refractivity contribution is 5.94. The maximum absolute atomic E-state index is 14.3. The van der Waals surface area contributed by atoms with E-state index in [4.69, 9.17) is 9.47 Å². The molecule has 0 atom stereocenters. The van der Waals surface area contributed by atoms with Crippen molar-refractivity contribution < 1.29 is 18.7 Å². The number of hydrogen-bond donors (Lipinski definition) is 0. The maximum atomic E-state index is 14.3. The number of nitrogens with zero attached hydrogens (tertiary/aromatic N) is 2. The summed E-state index contributed by atoms with van der Waals surface area (Å²) in [6, 6.07) is 4.42. The summed E-state index contributed by atoms with van der Waals surface area (Å²) in [5, 5.41) is 0. The van der Waals surface area contributed by atoms with Crippen LogP contribution < -0.4 is 4.74 Å². The number of amides is 1. The van der Waals surface area contributed by atoms with Crippen LogP contribution in [-0.2, 0) is 4.74 Å². The van der Waals surface area contributed by atoms with Crippen LogP contribution in [0.5, 0.6) is 5.75 Å². The molecule has 146 valence electrons. The maximum Gasteiger partial charge on any atom is 0.256 e. The van der Waals surface area contributed by atoms with E-state index in [-0.39, 0.29) is 11.5 Å². The van der Waals surface area contributed by atoms with Crippen LogP contribution in [0.3, 0.4) is 0 Å². The highest BCUT2D eigenvalue weighted by Gasteiger charge is 2.21. The predicted molar refractivity (Wildman–Crippen MR) is 100 cm³/mol. The number of unbranched alkanes of at least 4 members (excludes halogenated alkanes) is 3. The smallest absolute Gasteiger partial charge is 0.256 e. The van der Waals surface area contributed by atoms with Gasteiger partial charge in [-0.05, 0) is 18.6 Å². The minimum Gasteiger partial charge on any atom is -0.497 e. The summed E-state index contributed by atoms with van der Waals surface area (Å²) in [5.41, 5.74) is 0.114. The molecule has 1 fully saturated rings. The Morgan fingerprint density at radius 2 is 2.00 bits per heavy atom. The quantitative estimate of drug-likeness (QED) is 0.597. The highest BCUT2D eigenvalue weighted by atomic mass is 19.1. The molecule has 1 saturated heterocycles. The molecular formula is C20H31FN2O3. The molecule has 5 nitrogen and oxygen atoms in total. The molecule has 1 aromatic carbocycles. The summed E-state index contributed by atoms with van der Waals surface area (Å²) < 4.78 is 24.7. The van der Waals surface area contributed by atoms with Crippen molar-refractivity contribution in [2.24, 2.45) is 0 Å². The summed E-state index contributed by atoms with van der Waals surface area (Å²) in [6.07, 6.45) is 4.33. The van der Waals surface area contributed by atoms with Crippen LogP contribution in [0.4, 0.5) is 4.39 Å². The molecule has 1 amide bonds. The fourth-order valence-corrected chi connectivity index (χ4v) is 3.10. The van der Waals surface area contributed by atoms with Gasteiger partial charge in [0.25, 0.3) is 5.91 Å². The molecule has 1 aliphatic heterocycles. The Hall–Kier alpha value is -1.66. The van der Waals surface area contributed by atoms with Gasteiger partial charge in [0.2, 0.25) is 0 Å². The van der Waals surface area contributed by atoms with Gasteiger partial charge in [0.1, 0.15) is 11.6 Å². The molecule has 1 aromatic rings. The van der Waals surface area contributed by atoms with Gasteiger partial charge < -0.3 is 14.4 Å². The molecule has 0 unspecified atom stereocenters. The Bertz CT molecular complexity index is 562. The van der Waals surface area contributed by atoms with Crippen LogP contribution in [-0.4, -0.2) is 68.8 Å². The molecule has 1 aliphatic rings. The van der Waals surface area contributed by atoms with E-state index in [1.54, 1.807) is 11.0 Å². The molecule has 0 spiro atoms. The predicted octanol–water partition coefficient (Wildman–Crippen LogP) is 3.19. The first-order chi connectivity index (χ1) is 12.7. The summed E-state index contributed by atoms with van der Waals surface area (Å²) in [4.78, 5) is 17.0. The second-order valence-corrected chi connectivity index (χ2v) is 6.65. The lowest BCUT2D eigenvalue weighted by Gasteiger charge is -2.30. The van der Waals surface area contributed by atoms with Gasteiger partial charge in [-0.1, -0.05) is 26.2 Å². The Kier molecular flexibility index (Phi) is 8.85. The zero-order valence-electron chi connectivity index (χ0n) is 16.0. The fraction of sp³-hybridized carbons (Fsp3) is 0.650. The van der Waals surface area contributed by atoms with Gasteiger partial charge in [0.05, 0.1) is 25.9 Å². The summed E-state index contributed by atoms with van der Waals surface area (Å²) in [5.74, 6) is -0.351. The van der Waals surface area contributed by atoms with E-state index in [9.17, 15) is 9.18 Å². The summed E-state index contributed by atoms with van der Waals surface area (Å²) in [6.45, 7) is 7.46. The van der Waals surface area contributed by atoms with E-state index in [2.05, 4.69) is 11.8 Å². The first-order valence-electron chi connectivity index (χ1n) is 9.58. The van der Waals surface area contributed by atoms with Gasteiger partial charge in [-0.25, -0.2) is 4.39 Å². The molecule has 26 heavy (non-hydrogen) atoms. The standard InChI is InChI=1S/C20H31FN2O3/c1-3-4-5-6-9-23(11-10-22-12-14-26-15-13-22)20(24)18-8-7-17(25-2)16-19(18)21/h7-8,16H,3-6,9-15H2,1-2H3. The molecule has 0 radical (unpaired) electrons. The van der Waals surface area contributed by atoms with Crippen molar-refractivity contribution in [3.8, 4) is 5.75 Å². The number of morpholine rings is 1. The molecular weight excluding hydrogens is 335 g/mol. The molecule has 6 heteroatoms. The van der Waals surface area contributed by atoms with Crippen molar-refractivity contribution in [1.82, 2.24) is 9.80 Å².